The number of rotatable bonds is 1. The Bertz CT molecular complexity index is 1110. The molecule has 0 unspecified atom stereocenters. The standard InChI is InChI=1S/C19H12BrF3N2/c1-11-5-7-15-13(9-11)14-10-12(19(21,22)23)6-8-16(14)25(15)18-4-2-3-17(20)24-18/h2-10H,1H3. The van der Waals surface area contributed by atoms with Crippen molar-refractivity contribution in [1.82, 2.24) is 9.55 Å². The van der Waals surface area contributed by atoms with Crippen LogP contribution in [0.2, 0.25) is 0 Å². The first-order valence-corrected chi connectivity index (χ1v) is 8.39. The Morgan fingerprint density at radius 1 is 0.920 bits per heavy atom. The number of aryl methyl sites for hydroxylation is 1. The number of nitrogens with zero attached hydrogens (tertiary/aromatic N) is 2. The van der Waals surface area contributed by atoms with Crippen molar-refractivity contribution in [2.24, 2.45) is 0 Å². The molecular formula is C19H12BrF3N2. The van der Waals surface area contributed by atoms with Gasteiger partial charge in [-0.15, -0.1) is 0 Å². The molecule has 0 saturated heterocycles. The average Bonchev–Trinajstić information content (AvgIpc) is 2.87. The van der Waals surface area contributed by atoms with Crippen molar-refractivity contribution in [3.8, 4) is 5.82 Å². The first-order valence-electron chi connectivity index (χ1n) is 7.59. The van der Waals surface area contributed by atoms with Gasteiger partial charge in [-0.2, -0.15) is 13.2 Å². The molecule has 2 nitrogen and oxygen atoms in total. The Kier molecular flexibility index (Phi) is 3.61. The van der Waals surface area contributed by atoms with Crippen LogP contribution in [0, 0.1) is 6.92 Å². The molecule has 2 heterocycles. The minimum absolute atomic E-state index is 0.565. The summed E-state index contributed by atoms with van der Waals surface area (Å²) in [5.74, 6) is 0.651. The summed E-state index contributed by atoms with van der Waals surface area (Å²) >= 11 is 3.35. The van der Waals surface area contributed by atoms with Crippen molar-refractivity contribution in [3.63, 3.8) is 0 Å². The Labute approximate surface area is 150 Å². The second-order valence-electron chi connectivity index (χ2n) is 5.90. The van der Waals surface area contributed by atoms with Crippen molar-refractivity contribution in [1.29, 1.82) is 0 Å². The lowest BCUT2D eigenvalue weighted by molar-refractivity contribution is -0.137. The van der Waals surface area contributed by atoms with E-state index < -0.39 is 11.7 Å². The molecule has 6 heteroatoms. The van der Waals surface area contributed by atoms with Crippen molar-refractivity contribution in [2.75, 3.05) is 0 Å². The van der Waals surface area contributed by atoms with Gasteiger partial charge in [0.25, 0.3) is 0 Å². The molecule has 25 heavy (non-hydrogen) atoms. The highest BCUT2D eigenvalue weighted by atomic mass is 79.9. The van der Waals surface area contributed by atoms with E-state index in [9.17, 15) is 13.2 Å². The molecular weight excluding hydrogens is 393 g/mol. The highest BCUT2D eigenvalue weighted by Gasteiger charge is 2.31. The van der Waals surface area contributed by atoms with Crippen molar-refractivity contribution in [2.45, 2.75) is 13.1 Å². The van der Waals surface area contributed by atoms with Crippen LogP contribution in [0.3, 0.4) is 0 Å². The smallest absolute Gasteiger partial charge is 0.294 e. The molecule has 4 rings (SSSR count). The predicted molar refractivity (Wildman–Crippen MR) is 96.0 cm³/mol. The summed E-state index contributed by atoms with van der Waals surface area (Å²) in [4.78, 5) is 4.47. The van der Waals surface area contributed by atoms with Crippen LogP contribution in [-0.2, 0) is 6.18 Å². The summed E-state index contributed by atoms with van der Waals surface area (Å²) in [5, 5.41) is 1.35. The summed E-state index contributed by atoms with van der Waals surface area (Å²) in [6, 6.07) is 15.1. The van der Waals surface area contributed by atoms with Crippen molar-refractivity contribution < 1.29 is 13.2 Å². The van der Waals surface area contributed by atoms with Gasteiger partial charge in [0, 0.05) is 10.8 Å². The number of benzene rings is 2. The molecule has 0 atom stereocenters. The van der Waals surface area contributed by atoms with E-state index in [2.05, 4.69) is 20.9 Å². The lowest BCUT2D eigenvalue weighted by atomic mass is 10.1. The Morgan fingerprint density at radius 3 is 2.28 bits per heavy atom. The quantitative estimate of drug-likeness (QED) is 0.342. The minimum Gasteiger partial charge on any atom is -0.294 e. The van der Waals surface area contributed by atoms with Gasteiger partial charge in [-0.05, 0) is 65.3 Å². The summed E-state index contributed by atoms with van der Waals surface area (Å²) in [5.41, 5.74) is 1.86. The van der Waals surface area contributed by atoms with Gasteiger partial charge in [0.15, 0.2) is 0 Å². The summed E-state index contributed by atoms with van der Waals surface area (Å²) in [6.07, 6.45) is -4.37. The topological polar surface area (TPSA) is 17.8 Å². The average molecular weight is 405 g/mol. The lowest BCUT2D eigenvalue weighted by Gasteiger charge is -2.09. The first-order chi connectivity index (χ1) is 11.8. The van der Waals surface area contributed by atoms with E-state index in [-0.39, 0.29) is 0 Å². The number of aromatic nitrogens is 2. The number of alkyl halides is 3. The zero-order chi connectivity index (χ0) is 17.8. The molecule has 0 amide bonds. The van der Waals surface area contributed by atoms with Gasteiger partial charge in [-0.1, -0.05) is 17.7 Å². The lowest BCUT2D eigenvalue weighted by Crippen LogP contribution is -2.04. The van der Waals surface area contributed by atoms with E-state index in [4.69, 9.17) is 0 Å². The molecule has 0 aliphatic rings. The van der Waals surface area contributed by atoms with E-state index in [1.54, 1.807) is 0 Å². The van der Waals surface area contributed by atoms with Gasteiger partial charge in [0.2, 0.25) is 0 Å². The van der Waals surface area contributed by atoms with E-state index in [0.29, 0.717) is 21.3 Å². The molecule has 0 saturated carbocycles. The van der Waals surface area contributed by atoms with Crippen LogP contribution in [0.15, 0.2) is 59.2 Å². The third-order valence-corrected chi connectivity index (χ3v) is 4.62. The van der Waals surface area contributed by atoms with Gasteiger partial charge < -0.3 is 0 Å². The zero-order valence-electron chi connectivity index (χ0n) is 13.1. The molecule has 0 aliphatic heterocycles. The molecule has 2 aromatic heterocycles. The molecule has 2 aromatic carbocycles. The fourth-order valence-corrected chi connectivity index (χ4v) is 3.42. The third kappa shape index (κ3) is 2.70. The SMILES string of the molecule is Cc1ccc2c(c1)c1cc(C(F)(F)F)ccc1n2-c1cccc(Br)n1. The second-order valence-corrected chi connectivity index (χ2v) is 6.72. The van der Waals surface area contributed by atoms with Crippen LogP contribution < -0.4 is 0 Å². The number of pyridine rings is 1. The van der Waals surface area contributed by atoms with Crippen LogP contribution in [0.25, 0.3) is 27.6 Å². The maximum absolute atomic E-state index is 13.2. The minimum atomic E-state index is -4.37. The maximum Gasteiger partial charge on any atom is 0.416 e. The molecule has 0 N–H and O–H groups in total. The number of halogens is 4. The van der Waals surface area contributed by atoms with Crippen molar-refractivity contribution >= 4 is 37.7 Å². The molecule has 0 fully saturated rings. The fourth-order valence-electron chi connectivity index (χ4n) is 3.08. The largest absolute Gasteiger partial charge is 0.416 e. The normalized spacial score (nSPS) is 12.2. The van der Waals surface area contributed by atoms with Crippen molar-refractivity contribution in [3.05, 3.63) is 70.3 Å². The number of hydrogen-bond donors (Lipinski definition) is 0. The van der Waals surface area contributed by atoms with Crippen LogP contribution in [0.5, 0.6) is 0 Å². The van der Waals surface area contributed by atoms with Crippen LogP contribution in [0.4, 0.5) is 13.2 Å². The third-order valence-electron chi connectivity index (χ3n) is 4.18. The molecule has 0 radical (unpaired) electrons. The van der Waals surface area contributed by atoms with Crippen LogP contribution in [-0.4, -0.2) is 9.55 Å². The highest BCUT2D eigenvalue weighted by molar-refractivity contribution is 9.10. The predicted octanol–water partition coefficient (Wildman–Crippen LogP) is 6.27. The Hall–Kier alpha value is -2.34. The van der Waals surface area contributed by atoms with Gasteiger partial charge in [-0.25, -0.2) is 4.98 Å². The fraction of sp³-hybridized carbons (Fsp3) is 0.105. The summed E-state index contributed by atoms with van der Waals surface area (Å²) < 4.78 is 42.0. The van der Waals surface area contributed by atoms with E-state index in [1.165, 1.54) is 12.1 Å². The molecule has 0 bridgehead atoms. The molecule has 0 spiro atoms. The van der Waals surface area contributed by atoms with E-state index in [1.807, 2.05) is 47.9 Å². The second kappa shape index (κ2) is 5.59. The van der Waals surface area contributed by atoms with Crippen LogP contribution >= 0.6 is 15.9 Å². The number of fused-ring (bicyclic) bond motifs is 3. The monoisotopic (exact) mass is 404 g/mol. The van der Waals surface area contributed by atoms with Gasteiger partial charge in [0.1, 0.15) is 10.4 Å². The Balaban J connectivity index is 2.14. The highest BCUT2D eigenvalue weighted by Crippen LogP contribution is 2.37. The molecule has 126 valence electrons. The van der Waals surface area contributed by atoms with Gasteiger partial charge in [0.05, 0.1) is 16.6 Å². The maximum atomic E-state index is 13.2. The number of hydrogen-bond acceptors (Lipinski definition) is 1. The summed E-state index contributed by atoms with van der Waals surface area (Å²) in [6.45, 7) is 1.92. The summed E-state index contributed by atoms with van der Waals surface area (Å²) in [7, 11) is 0. The van der Waals surface area contributed by atoms with E-state index >= 15 is 0 Å². The van der Waals surface area contributed by atoms with Gasteiger partial charge in [-0.3, -0.25) is 4.57 Å². The zero-order valence-corrected chi connectivity index (χ0v) is 14.7. The van der Waals surface area contributed by atoms with Gasteiger partial charge >= 0.3 is 6.18 Å². The Morgan fingerprint density at radius 2 is 1.60 bits per heavy atom. The van der Waals surface area contributed by atoms with Crippen LogP contribution in [0.1, 0.15) is 11.1 Å². The first kappa shape index (κ1) is 16.1. The van der Waals surface area contributed by atoms with E-state index in [0.717, 1.165) is 22.5 Å². The molecule has 0 aliphatic carbocycles. The molecule has 4 aromatic rings.